The minimum atomic E-state index is -0.493. The molecule has 0 radical (unpaired) electrons. The molecule has 0 amide bonds. The van der Waals surface area contributed by atoms with E-state index in [2.05, 4.69) is 4.98 Å². The molecule has 5 heteroatoms. The van der Waals surface area contributed by atoms with Gasteiger partial charge in [-0.3, -0.25) is 4.98 Å². The molecule has 2 rings (SSSR count). The fraction of sp³-hybridized carbons (Fsp3) is 0.143. The van der Waals surface area contributed by atoms with E-state index in [0.29, 0.717) is 22.5 Å². The number of halogens is 2. The maximum Gasteiger partial charge on any atom is 0.340 e. The molecule has 98 valence electrons. The SMILES string of the molecule is COC(=O)c1ccc(CCl)nc1-c1ccc(F)cc1. The van der Waals surface area contributed by atoms with Gasteiger partial charge in [-0.05, 0) is 36.4 Å². The van der Waals surface area contributed by atoms with Crippen LogP contribution in [0.15, 0.2) is 36.4 Å². The van der Waals surface area contributed by atoms with Gasteiger partial charge < -0.3 is 4.74 Å². The zero-order chi connectivity index (χ0) is 13.8. The molecule has 0 saturated carbocycles. The molecular formula is C14H11ClFNO2. The largest absolute Gasteiger partial charge is 0.465 e. The Bertz CT molecular complexity index is 599. The number of ether oxygens (including phenoxy) is 1. The molecule has 0 fully saturated rings. The van der Waals surface area contributed by atoms with Gasteiger partial charge in [-0.25, -0.2) is 9.18 Å². The number of nitrogens with zero attached hydrogens (tertiary/aromatic N) is 1. The fourth-order valence-electron chi connectivity index (χ4n) is 1.68. The van der Waals surface area contributed by atoms with Crippen molar-refractivity contribution in [2.45, 2.75) is 5.88 Å². The Morgan fingerprint density at radius 1 is 1.26 bits per heavy atom. The quantitative estimate of drug-likeness (QED) is 0.638. The van der Waals surface area contributed by atoms with Gasteiger partial charge in [0.25, 0.3) is 0 Å². The summed E-state index contributed by atoms with van der Waals surface area (Å²) in [6.07, 6.45) is 0. The average molecular weight is 280 g/mol. The third-order valence-electron chi connectivity index (χ3n) is 2.61. The molecule has 0 unspecified atom stereocenters. The third-order valence-corrected chi connectivity index (χ3v) is 2.89. The topological polar surface area (TPSA) is 39.2 Å². The molecule has 0 bridgehead atoms. The van der Waals surface area contributed by atoms with Crippen molar-refractivity contribution in [1.29, 1.82) is 0 Å². The lowest BCUT2D eigenvalue weighted by molar-refractivity contribution is 0.0601. The van der Waals surface area contributed by atoms with Crippen LogP contribution in [0.4, 0.5) is 4.39 Å². The molecule has 0 aliphatic rings. The molecule has 19 heavy (non-hydrogen) atoms. The predicted octanol–water partition coefficient (Wildman–Crippen LogP) is 3.41. The van der Waals surface area contributed by atoms with Crippen LogP contribution >= 0.6 is 11.6 Å². The predicted molar refractivity (Wildman–Crippen MR) is 70.5 cm³/mol. The number of hydrogen-bond donors (Lipinski definition) is 0. The Kier molecular flexibility index (Phi) is 4.12. The highest BCUT2D eigenvalue weighted by molar-refractivity contribution is 6.16. The Morgan fingerprint density at radius 2 is 1.95 bits per heavy atom. The fourth-order valence-corrected chi connectivity index (χ4v) is 1.83. The molecule has 3 nitrogen and oxygen atoms in total. The summed E-state index contributed by atoms with van der Waals surface area (Å²) in [5.41, 5.74) is 2.02. The summed E-state index contributed by atoms with van der Waals surface area (Å²) < 4.78 is 17.6. The van der Waals surface area contributed by atoms with Gasteiger partial charge in [0.2, 0.25) is 0 Å². The van der Waals surface area contributed by atoms with Gasteiger partial charge in [0.1, 0.15) is 5.82 Å². The zero-order valence-corrected chi connectivity index (χ0v) is 10.9. The minimum absolute atomic E-state index is 0.232. The van der Waals surface area contributed by atoms with Crippen LogP contribution in [-0.2, 0) is 10.6 Å². The first-order valence-corrected chi connectivity index (χ1v) is 6.09. The molecular weight excluding hydrogens is 269 g/mol. The molecule has 0 spiro atoms. The smallest absolute Gasteiger partial charge is 0.340 e. The lowest BCUT2D eigenvalue weighted by Gasteiger charge is -2.08. The van der Waals surface area contributed by atoms with E-state index in [0.717, 1.165) is 0 Å². The van der Waals surface area contributed by atoms with Crippen LogP contribution in [0.3, 0.4) is 0 Å². The maximum absolute atomic E-state index is 12.9. The van der Waals surface area contributed by atoms with Crippen molar-refractivity contribution in [3.05, 3.63) is 53.5 Å². The van der Waals surface area contributed by atoms with E-state index in [-0.39, 0.29) is 11.7 Å². The summed E-state index contributed by atoms with van der Waals surface area (Å²) in [5.74, 6) is -0.611. The monoisotopic (exact) mass is 279 g/mol. The first kappa shape index (κ1) is 13.5. The van der Waals surface area contributed by atoms with Crippen LogP contribution in [0, 0.1) is 5.82 Å². The lowest BCUT2D eigenvalue weighted by atomic mass is 10.1. The van der Waals surface area contributed by atoms with Crippen LogP contribution < -0.4 is 0 Å². The number of hydrogen-bond acceptors (Lipinski definition) is 3. The van der Waals surface area contributed by atoms with E-state index in [1.807, 2.05) is 0 Å². The van der Waals surface area contributed by atoms with E-state index in [1.165, 1.54) is 19.2 Å². The Labute approximate surface area is 115 Å². The summed E-state index contributed by atoms with van der Waals surface area (Å²) in [4.78, 5) is 16.0. The van der Waals surface area contributed by atoms with E-state index >= 15 is 0 Å². The number of methoxy groups -OCH3 is 1. The van der Waals surface area contributed by atoms with Crippen molar-refractivity contribution in [1.82, 2.24) is 4.98 Å². The summed E-state index contributed by atoms with van der Waals surface area (Å²) in [6.45, 7) is 0. The van der Waals surface area contributed by atoms with Crippen molar-refractivity contribution in [3.63, 3.8) is 0 Å². The highest BCUT2D eigenvalue weighted by Crippen LogP contribution is 2.23. The van der Waals surface area contributed by atoms with Crippen molar-refractivity contribution >= 4 is 17.6 Å². The van der Waals surface area contributed by atoms with Crippen LogP contribution in [0.5, 0.6) is 0 Å². The average Bonchev–Trinajstić information content (AvgIpc) is 2.46. The number of alkyl halides is 1. The minimum Gasteiger partial charge on any atom is -0.465 e. The third kappa shape index (κ3) is 2.90. The van der Waals surface area contributed by atoms with E-state index < -0.39 is 5.97 Å². The lowest BCUT2D eigenvalue weighted by Crippen LogP contribution is -2.06. The summed E-state index contributed by atoms with van der Waals surface area (Å²) in [6, 6.07) is 9.00. The molecule has 0 atom stereocenters. The summed E-state index contributed by atoms with van der Waals surface area (Å²) in [7, 11) is 1.30. The summed E-state index contributed by atoms with van der Waals surface area (Å²) >= 11 is 5.74. The number of esters is 1. The first-order valence-electron chi connectivity index (χ1n) is 5.56. The van der Waals surface area contributed by atoms with E-state index in [1.54, 1.807) is 24.3 Å². The highest BCUT2D eigenvalue weighted by atomic mass is 35.5. The molecule has 0 aliphatic heterocycles. The molecule has 0 aliphatic carbocycles. The van der Waals surface area contributed by atoms with Crippen molar-refractivity contribution in [2.75, 3.05) is 7.11 Å². The number of carbonyl (C=O) groups is 1. The second-order valence-corrected chi connectivity index (χ2v) is 4.10. The van der Waals surface area contributed by atoms with Gasteiger partial charge in [0.15, 0.2) is 0 Å². The Balaban J connectivity index is 2.57. The van der Waals surface area contributed by atoms with E-state index in [4.69, 9.17) is 16.3 Å². The number of carbonyl (C=O) groups excluding carboxylic acids is 1. The van der Waals surface area contributed by atoms with Crippen LogP contribution in [0.25, 0.3) is 11.3 Å². The van der Waals surface area contributed by atoms with Crippen molar-refractivity contribution in [2.24, 2.45) is 0 Å². The van der Waals surface area contributed by atoms with Crippen LogP contribution in [0.2, 0.25) is 0 Å². The van der Waals surface area contributed by atoms with Crippen LogP contribution in [0.1, 0.15) is 16.1 Å². The van der Waals surface area contributed by atoms with Gasteiger partial charge in [0, 0.05) is 5.56 Å². The number of pyridine rings is 1. The molecule has 2 aromatic rings. The Hall–Kier alpha value is -1.94. The normalized spacial score (nSPS) is 10.3. The van der Waals surface area contributed by atoms with E-state index in [9.17, 15) is 9.18 Å². The Morgan fingerprint density at radius 3 is 2.53 bits per heavy atom. The van der Waals surface area contributed by atoms with Crippen LogP contribution in [-0.4, -0.2) is 18.1 Å². The van der Waals surface area contributed by atoms with Crippen molar-refractivity contribution in [3.8, 4) is 11.3 Å². The second kappa shape index (κ2) is 5.80. The van der Waals surface area contributed by atoms with Gasteiger partial charge in [-0.15, -0.1) is 11.6 Å². The highest BCUT2D eigenvalue weighted by Gasteiger charge is 2.15. The van der Waals surface area contributed by atoms with Gasteiger partial charge in [0.05, 0.1) is 29.9 Å². The van der Waals surface area contributed by atoms with Gasteiger partial charge in [-0.1, -0.05) is 0 Å². The van der Waals surface area contributed by atoms with Crippen molar-refractivity contribution < 1.29 is 13.9 Å². The zero-order valence-electron chi connectivity index (χ0n) is 10.2. The standard InChI is InChI=1S/C14H11ClFNO2/c1-19-14(18)12-7-6-11(8-15)17-13(12)9-2-4-10(16)5-3-9/h2-7H,8H2,1H3. The first-order chi connectivity index (χ1) is 9.15. The molecule has 1 aromatic carbocycles. The number of benzene rings is 1. The molecule has 0 N–H and O–H groups in total. The second-order valence-electron chi connectivity index (χ2n) is 3.83. The molecule has 0 saturated heterocycles. The summed E-state index contributed by atoms with van der Waals surface area (Å²) in [5, 5.41) is 0. The van der Waals surface area contributed by atoms with Gasteiger partial charge in [-0.2, -0.15) is 0 Å². The van der Waals surface area contributed by atoms with Gasteiger partial charge >= 0.3 is 5.97 Å². The maximum atomic E-state index is 12.9. The number of rotatable bonds is 3. The molecule has 1 aromatic heterocycles. The molecule has 1 heterocycles. The number of aromatic nitrogens is 1.